The summed E-state index contributed by atoms with van der Waals surface area (Å²) in [6.45, 7) is 10.4. The highest BCUT2D eigenvalue weighted by Gasteiger charge is 2.32. The quantitative estimate of drug-likeness (QED) is 0.701. The SMILES string of the molecule is CO[C@H]1CN(c2nc(C)c(C(=O)O)s2)CCC1NC(=O)/C(C)=N/C(C)=C(C)C. The topological polar surface area (TPSA) is 104 Å². The number of aryl methyl sites for hydroxylation is 1. The van der Waals surface area contributed by atoms with Gasteiger partial charge in [0.25, 0.3) is 5.91 Å². The summed E-state index contributed by atoms with van der Waals surface area (Å²) < 4.78 is 5.59. The maximum Gasteiger partial charge on any atom is 0.347 e. The number of piperidine rings is 1. The summed E-state index contributed by atoms with van der Waals surface area (Å²) in [4.78, 5) is 34.8. The Kier molecular flexibility index (Phi) is 7.31. The van der Waals surface area contributed by atoms with Crippen LogP contribution in [0.3, 0.4) is 0 Å². The lowest BCUT2D eigenvalue weighted by Gasteiger charge is -2.37. The number of carboxylic acids is 1. The molecule has 1 aromatic rings. The van der Waals surface area contributed by atoms with Crippen molar-refractivity contribution in [2.24, 2.45) is 4.99 Å². The Morgan fingerprint density at radius 2 is 2.00 bits per heavy atom. The van der Waals surface area contributed by atoms with Crippen LogP contribution in [0.25, 0.3) is 0 Å². The number of carbonyl (C=O) groups is 2. The number of rotatable bonds is 6. The van der Waals surface area contributed by atoms with Gasteiger partial charge in [0.1, 0.15) is 10.6 Å². The predicted octanol–water partition coefficient (Wildman–Crippen LogP) is 2.63. The van der Waals surface area contributed by atoms with Crippen molar-refractivity contribution in [2.75, 3.05) is 25.1 Å². The van der Waals surface area contributed by atoms with E-state index in [0.29, 0.717) is 36.0 Å². The zero-order chi connectivity index (χ0) is 21.0. The van der Waals surface area contributed by atoms with Gasteiger partial charge in [0.15, 0.2) is 5.13 Å². The van der Waals surface area contributed by atoms with Gasteiger partial charge in [-0.05, 0) is 41.0 Å². The third kappa shape index (κ3) is 5.17. The van der Waals surface area contributed by atoms with E-state index >= 15 is 0 Å². The van der Waals surface area contributed by atoms with E-state index in [9.17, 15) is 14.7 Å². The Bertz CT molecular complexity index is 811. The lowest BCUT2D eigenvalue weighted by atomic mass is 10.0. The van der Waals surface area contributed by atoms with Crippen molar-refractivity contribution < 1.29 is 19.4 Å². The summed E-state index contributed by atoms with van der Waals surface area (Å²) in [5.41, 5.74) is 2.82. The molecule has 0 spiro atoms. The normalized spacial score (nSPS) is 20.1. The van der Waals surface area contributed by atoms with Gasteiger partial charge < -0.3 is 20.1 Å². The van der Waals surface area contributed by atoms with Crippen molar-refractivity contribution >= 4 is 34.1 Å². The van der Waals surface area contributed by atoms with E-state index < -0.39 is 5.97 Å². The second-order valence-electron chi connectivity index (χ2n) is 7.09. The van der Waals surface area contributed by atoms with Crippen LogP contribution in [0.4, 0.5) is 5.13 Å². The third-order valence-corrected chi connectivity index (χ3v) is 6.02. The number of carbonyl (C=O) groups excluding carboxylic acids is 1. The zero-order valence-electron chi connectivity index (χ0n) is 17.2. The first-order chi connectivity index (χ1) is 13.1. The number of hydrogen-bond donors (Lipinski definition) is 2. The van der Waals surface area contributed by atoms with Crippen LogP contribution in [0, 0.1) is 6.92 Å². The number of aromatic nitrogens is 1. The Hall–Kier alpha value is -2.26. The molecule has 1 saturated heterocycles. The smallest absolute Gasteiger partial charge is 0.347 e. The van der Waals surface area contributed by atoms with E-state index in [-0.39, 0.29) is 22.9 Å². The molecule has 2 atom stereocenters. The van der Waals surface area contributed by atoms with Crippen LogP contribution in [-0.4, -0.2) is 60.0 Å². The number of nitrogens with zero attached hydrogens (tertiary/aromatic N) is 3. The van der Waals surface area contributed by atoms with Gasteiger partial charge in [0.2, 0.25) is 0 Å². The standard InChI is InChI=1S/C19H28N4O4S/c1-10(2)11(3)20-13(5)17(24)22-14-7-8-23(9-15(14)27-6)19-21-12(4)16(28-19)18(25)26/h14-15H,7-9H2,1-6H3,(H,22,24)(H,25,26)/b20-13+/t14?,15-/m0/s1. The number of hydrogen-bond acceptors (Lipinski definition) is 7. The average Bonchev–Trinajstić information content (AvgIpc) is 3.03. The average molecular weight is 409 g/mol. The number of nitrogens with one attached hydrogen (secondary N) is 1. The molecule has 0 bridgehead atoms. The molecule has 28 heavy (non-hydrogen) atoms. The molecular formula is C19H28N4O4S. The largest absolute Gasteiger partial charge is 0.477 e. The molecule has 2 N–H and O–H groups in total. The molecule has 0 radical (unpaired) electrons. The number of allylic oxidation sites excluding steroid dienone is 2. The van der Waals surface area contributed by atoms with Crippen molar-refractivity contribution in [2.45, 2.75) is 53.2 Å². The highest BCUT2D eigenvalue weighted by molar-refractivity contribution is 7.17. The molecule has 2 heterocycles. The Morgan fingerprint density at radius 3 is 2.54 bits per heavy atom. The van der Waals surface area contributed by atoms with Crippen LogP contribution in [0.2, 0.25) is 0 Å². The number of amides is 1. The second kappa shape index (κ2) is 9.29. The fourth-order valence-corrected chi connectivity index (χ4v) is 3.84. The number of thiazole rings is 1. The minimum absolute atomic E-state index is 0.147. The highest BCUT2D eigenvalue weighted by atomic mass is 32.1. The minimum atomic E-state index is -0.965. The summed E-state index contributed by atoms with van der Waals surface area (Å²) in [5, 5.41) is 12.9. The number of aliphatic imine (C=N–C) groups is 1. The first-order valence-corrected chi connectivity index (χ1v) is 9.94. The van der Waals surface area contributed by atoms with Gasteiger partial charge in [-0.15, -0.1) is 0 Å². The van der Waals surface area contributed by atoms with Crippen LogP contribution in [0.15, 0.2) is 16.3 Å². The first kappa shape index (κ1) is 22.0. The fourth-order valence-electron chi connectivity index (χ4n) is 2.90. The van der Waals surface area contributed by atoms with Crippen LogP contribution in [0.1, 0.15) is 49.5 Å². The molecule has 1 aromatic heterocycles. The Labute approximate surface area is 169 Å². The summed E-state index contributed by atoms with van der Waals surface area (Å²) in [6.07, 6.45) is 0.438. The van der Waals surface area contributed by atoms with E-state index in [2.05, 4.69) is 15.3 Å². The molecule has 2 rings (SSSR count). The fraction of sp³-hybridized carbons (Fsp3) is 0.579. The molecule has 0 saturated carbocycles. The zero-order valence-corrected chi connectivity index (χ0v) is 18.0. The molecule has 0 aromatic carbocycles. The molecule has 1 unspecified atom stereocenters. The summed E-state index contributed by atoms with van der Waals surface area (Å²) in [5.74, 6) is -1.17. The summed E-state index contributed by atoms with van der Waals surface area (Å²) in [6, 6.07) is -0.147. The number of ether oxygens (including phenoxy) is 1. The summed E-state index contributed by atoms with van der Waals surface area (Å²) >= 11 is 1.16. The summed E-state index contributed by atoms with van der Waals surface area (Å²) in [7, 11) is 1.61. The molecule has 0 aliphatic carbocycles. The van der Waals surface area contributed by atoms with Crippen molar-refractivity contribution in [3.63, 3.8) is 0 Å². The van der Waals surface area contributed by atoms with Crippen molar-refractivity contribution in [1.29, 1.82) is 0 Å². The van der Waals surface area contributed by atoms with E-state index in [1.165, 1.54) is 0 Å². The van der Waals surface area contributed by atoms with Crippen LogP contribution >= 0.6 is 11.3 Å². The maximum absolute atomic E-state index is 12.5. The van der Waals surface area contributed by atoms with Gasteiger partial charge in [-0.25, -0.2) is 9.78 Å². The van der Waals surface area contributed by atoms with Crippen LogP contribution in [0.5, 0.6) is 0 Å². The first-order valence-electron chi connectivity index (χ1n) is 9.12. The molecule has 1 aliphatic rings. The number of carboxylic acid groups (broad SMARTS) is 1. The molecule has 8 nitrogen and oxygen atoms in total. The number of anilines is 1. The Balaban J connectivity index is 2.07. The monoisotopic (exact) mass is 408 g/mol. The van der Waals surface area contributed by atoms with Crippen molar-refractivity contribution in [3.8, 4) is 0 Å². The van der Waals surface area contributed by atoms with Gasteiger partial charge >= 0.3 is 5.97 Å². The van der Waals surface area contributed by atoms with Crippen molar-refractivity contribution in [1.82, 2.24) is 10.3 Å². The van der Waals surface area contributed by atoms with Gasteiger partial charge in [0.05, 0.1) is 17.8 Å². The highest BCUT2D eigenvalue weighted by Crippen LogP contribution is 2.29. The molecule has 1 fully saturated rings. The van der Waals surface area contributed by atoms with E-state index in [0.717, 1.165) is 22.6 Å². The van der Waals surface area contributed by atoms with E-state index in [1.54, 1.807) is 21.0 Å². The molecule has 1 amide bonds. The lowest BCUT2D eigenvalue weighted by molar-refractivity contribution is -0.116. The van der Waals surface area contributed by atoms with Crippen molar-refractivity contribution in [3.05, 3.63) is 21.8 Å². The molecule has 154 valence electrons. The van der Waals surface area contributed by atoms with Gasteiger partial charge in [-0.1, -0.05) is 16.9 Å². The lowest BCUT2D eigenvalue weighted by Crippen LogP contribution is -2.55. The third-order valence-electron chi connectivity index (χ3n) is 4.82. The van der Waals surface area contributed by atoms with Gasteiger partial charge in [-0.3, -0.25) is 9.79 Å². The Morgan fingerprint density at radius 1 is 1.32 bits per heavy atom. The van der Waals surface area contributed by atoms with Crippen LogP contribution < -0.4 is 10.2 Å². The van der Waals surface area contributed by atoms with E-state index in [1.807, 2.05) is 25.7 Å². The molecule has 9 heteroatoms. The maximum atomic E-state index is 12.5. The molecule has 1 aliphatic heterocycles. The van der Waals surface area contributed by atoms with Gasteiger partial charge in [-0.2, -0.15) is 0 Å². The minimum Gasteiger partial charge on any atom is -0.477 e. The number of methoxy groups -OCH3 is 1. The number of aromatic carboxylic acids is 1. The predicted molar refractivity (Wildman–Crippen MR) is 111 cm³/mol. The molecular weight excluding hydrogens is 380 g/mol. The van der Waals surface area contributed by atoms with Crippen LogP contribution in [-0.2, 0) is 9.53 Å². The van der Waals surface area contributed by atoms with Gasteiger partial charge in [0, 0.05) is 25.9 Å². The van der Waals surface area contributed by atoms with E-state index in [4.69, 9.17) is 4.74 Å². The second-order valence-corrected chi connectivity index (χ2v) is 8.07.